The van der Waals surface area contributed by atoms with E-state index in [0.717, 1.165) is 33.8 Å². The van der Waals surface area contributed by atoms with Crippen LogP contribution >= 0.6 is 24.0 Å². The van der Waals surface area contributed by atoms with Crippen molar-refractivity contribution in [3.63, 3.8) is 0 Å². The van der Waals surface area contributed by atoms with Crippen molar-refractivity contribution in [1.82, 2.24) is 14.7 Å². The molecule has 3 aromatic rings. The molecule has 162 valence electrons. The Bertz CT molecular complexity index is 1220. The van der Waals surface area contributed by atoms with Gasteiger partial charge in [0, 0.05) is 23.9 Å². The number of aryl methyl sites for hydroxylation is 1. The minimum absolute atomic E-state index is 0.110. The normalized spacial score (nSPS) is 14.9. The molecule has 1 aliphatic heterocycles. The number of nitrogens with zero attached hydrogens (tertiary/aromatic N) is 3. The molecule has 0 N–H and O–H groups in total. The number of para-hydroxylation sites is 1. The zero-order valence-corrected chi connectivity index (χ0v) is 19.6. The van der Waals surface area contributed by atoms with Crippen LogP contribution in [0.5, 0.6) is 5.75 Å². The fourth-order valence-corrected chi connectivity index (χ4v) is 4.74. The van der Waals surface area contributed by atoms with Gasteiger partial charge in [0.2, 0.25) is 0 Å². The van der Waals surface area contributed by atoms with Crippen LogP contribution in [0.15, 0.2) is 72.3 Å². The average molecular weight is 462 g/mol. The lowest BCUT2D eigenvalue weighted by molar-refractivity contribution is -0.121. The van der Waals surface area contributed by atoms with Crippen molar-refractivity contribution in [3.05, 3.63) is 83.4 Å². The third-order valence-electron chi connectivity index (χ3n) is 4.98. The van der Waals surface area contributed by atoms with Crippen molar-refractivity contribution in [2.24, 2.45) is 0 Å². The Balaban J connectivity index is 1.80. The van der Waals surface area contributed by atoms with Gasteiger partial charge in [-0.05, 0) is 55.8 Å². The second-order valence-corrected chi connectivity index (χ2v) is 8.88. The summed E-state index contributed by atoms with van der Waals surface area (Å²) in [4.78, 5) is 15.0. The van der Waals surface area contributed by atoms with Crippen LogP contribution in [0.2, 0.25) is 0 Å². The fraction of sp³-hybridized carbons (Fsp3) is 0.160. The molecule has 0 saturated carbocycles. The molecule has 5 nitrogen and oxygen atoms in total. The molecule has 2 heterocycles. The van der Waals surface area contributed by atoms with E-state index in [1.54, 1.807) is 11.0 Å². The molecule has 1 amide bonds. The highest BCUT2D eigenvalue weighted by Gasteiger charge is 2.31. The molecule has 0 spiro atoms. The summed E-state index contributed by atoms with van der Waals surface area (Å²) >= 11 is 6.69. The molecule has 0 atom stereocenters. The number of hydrogen-bond acceptors (Lipinski definition) is 5. The first-order valence-electron chi connectivity index (χ1n) is 10.3. The Morgan fingerprint density at radius 3 is 2.69 bits per heavy atom. The maximum Gasteiger partial charge on any atom is 0.266 e. The summed E-state index contributed by atoms with van der Waals surface area (Å²) in [7, 11) is 0. The fourth-order valence-electron chi connectivity index (χ4n) is 3.47. The van der Waals surface area contributed by atoms with E-state index in [4.69, 9.17) is 22.1 Å². The van der Waals surface area contributed by atoms with Crippen LogP contribution < -0.4 is 4.74 Å². The van der Waals surface area contributed by atoms with Gasteiger partial charge in [-0.15, -0.1) is 6.58 Å². The SMILES string of the molecule is C=CCN1C(=O)/C(=C\c2cn(-c3ccccc3)nc2-c2ccc(OCC)c(C)c2)SC1=S. The first kappa shape index (κ1) is 22.0. The van der Waals surface area contributed by atoms with Crippen molar-refractivity contribution in [1.29, 1.82) is 0 Å². The average Bonchev–Trinajstić information content (AvgIpc) is 3.33. The van der Waals surface area contributed by atoms with Gasteiger partial charge in [-0.3, -0.25) is 9.69 Å². The number of carbonyl (C=O) groups is 1. The van der Waals surface area contributed by atoms with Crippen LogP contribution in [0.1, 0.15) is 18.1 Å². The summed E-state index contributed by atoms with van der Waals surface area (Å²) in [6.07, 6.45) is 5.49. The Morgan fingerprint density at radius 2 is 2.00 bits per heavy atom. The maximum absolute atomic E-state index is 12.9. The lowest BCUT2D eigenvalue weighted by atomic mass is 10.0. The molecule has 0 bridgehead atoms. The van der Waals surface area contributed by atoms with E-state index in [1.807, 2.05) is 73.3 Å². The number of amides is 1. The lowest BCUT2D eigenvalue weighted by Crippen LogP contribution is -2.27. The summed E-state index contributed by atoms with van der Waals surface area (Å²) in [6.45, 7) is 8.71. The molecule has 32 heavy (non-hydrogen) atoms. The maximum atomic E-state index is 12.9. The lowest BCUT2D eigenvalue weighted by Gasteiger charge is -2.10. The molecule has 1 aliphatic rings. The minimum atomic E-state index is -0.110. The molecule has 7 heteroatoms. The topological polar surface area (TPSA) is 47.4 Å². The molecular formula is C25H23N3O2S2. The van der Waals surface area contributed by atoms with Gasteiger partial charge in [-0.2, -0.15) is 5.10 Å². The highest BCUT2D eigenvalue weighted by atomic mass is 32.2. The van der Waals surface area contributed by atoms with Gasteiger partial charge in [-0.25, -0.2) is 4.68 Å². The first-order chi connectivity index (χ1) is 15.5. The van der Waals surface area contributed by atoms with Crippen LogP contribution in [0, 0.1) is 6.92 Å². The van der Waals surface area contributed by atoms with E-state index in [9.17, 15) is 4.79 Å². The quantitative estimate of drug-likeness (QED) is 0.259. The van der Waals surface area contributed by atoms with E-state index in [2.05, 4.69) is 12.6 Å². The Hall–Kier alpha value is -3.16. The van der Waals surface area contributed by atoms with Crippen LogP contribution in [-0.2, 0) is 4.79 Å². The van der Waals surface area contributed by atoms with Crippen LogP contribution in [0.3, 0.4) is 0 Å². The Labute approximate surface area is 197 Å². The second kappa shape index (κ2) is 9.54. The van der Waals surface area contributed by atoms with Crippen molar-refractivity contribution < 1.29 is 9.53 Å². The minimum Gasteiger partial charge on any atom is -0.494 e. The molecule has 0 aliphatic carbocycles. The summed E-state index contributed by atoms with van der Waals surface area (Å²) in [5, 5.41) is 4.86. The highest BCUT2D eigenvalue weighted by molar-refractivity contribution is 8.26. The van der Waals surface area contributed by atoms with Gasteiger partial charge < -0.3 is 4.74 Å². The third-order valence-corrected chi connectivity index (χ3v) is 6.36. The Kier molecular flexibility index (Phi) is 6.58. The van der Waals surface area contributed by atoms with E-state index in [0.29, 0.717) is 22.4 Å². The molecular weight excluding hydrogens is 438 g/mol. The number of carbonyl (C=O) groups excluding carboxylic acids is 1. The summed E-state index contributed by atoms with van der Waals surface area (Å²) in [6, 6.07) is 15.9. The van der Waals surface area contributed by atoms with Gasteiger partial charge in [0.1, 0.15) is 15.8 Å². The summed E-state index contributed by atoms with van der Waals surface area (Å²) < 4.78 is 8.05. The molecule has 0 unspecified atom stereocenters. The third kappa shape index (κ3) is 4.40. The zero-order valence-electron chi connectivity index (χ0n) is 17.9. The van der Waals surface area contributed by atoms with E-state index < -0.39 is 0 Å². The van der Waals surface area contributed by atoms with Crippen LogP contribution in [0.25, 0.3) is 23.0 Å². The summed E-state index contributed by atoms with van der Waals surface area (Å²) in [5.41, 5.74) is 4.55. The van der Waals surface area contributed by atoms with E-state index in [-0.39, 0.29) is 5.91 Å². The van der Waals surface area contributed by atoms with Gasteiger partial charge in [0.05, 0.1) is 17.2 Å². The van der Waals surface area contributed by atoms with E-state index in [1.165, 1.54) is 11.8 Å². The standard InChI is InChI=1S/C25H23N3O2S2/c1-4-13-27-24(29)22(32-25(27)31)15-19-16-28(20-9-7-6-8-10-20)26-23(19)18-11-12-21(30-5-2)17(3)14-18/h4,6-12,14-16H,1,5,13H2,2-3H3/b22-15+. The molecule has 2 aromatic carbocycles. The number of thioether (sulfide) groups is 1. The van der Waals surface area contributed by atoms with Crippen LogP contribution in [-0.4, -0.2) is 38.1 Å². The largest absolute Gasteiger partial charge is 0.494 e. The number of benzene rings is 2. The van der Waals surface area contributed by atoms with Crippen molar-refractivity contribution in [3.8, 4) is 22.7 Å². The van der Waals surface area contributed by atoms with E-state index >= 15 is 0 Å². The number of rotatable bonds is 7. The number of thiocarbonyl (C=S) groups is 1. The van der Waals surface area contributed by atoms with Gasteiger partial charge in [-0.1, -0.05) is 48.3 Å². The molecule has 1 saturated heterocycles. The predicted octanol–water partition coefficient (Wildman–Crippen LogP) is 5.63. The zero-order chi connectivity index (χ0) is 22.7. The molecule has 1 fully saturated rings. The van der Waals surface area contributed by atoms with Crippen molar-refractivity contribution >= 4 is 40.3 Å². The second-order valence-electron chi connectivity index (χ2n) is 7.21. The summed E-state index contributed by atoms with van der Waals surface area (Å²) in [5.74, 6) is 0.742. The smallest absolute Gasteiger partial charge is 0.266 e. The van der Waals surface area contributed by atoms with Gasteiger partial charge in [0.25, 0.3) is 5.91 Å². The number of hydrogen-bond donors (Lipinski definition) is 0. The highest BCUT2D eigenvalue weighted by Crippen LogP contribution is 2.35. The predicted molar refractivity (Wildman–Crippen MR) is 135 cm³/mol. The monoisotopic (exact) mass is 461 g/mol. The van der Waals surface area contributed by atoms with Gasteiger partial charge >= 0.3 is 0 Å². The van der Waals surface area contributed by atoms with Gasteiger partial charge in [0.15, 0.2) is 0 Å². The van der Waals surface area contributed by atoms with Crippen molar-refractivity contribution in [2.75, 3.05) is 13.2 Å². The first-order valence-corrected chi connectivity index (χ1v) is 11.5. The molecule has 1 aromatic heterocycles. The Morgan fingerprint density at radius 1 is 1.22 bits per heavy atom. The molecule has 4 rings (SSSR count). The number of ether oxygens (including phenoxy) is 1. The number of aromatic nitrogens is 2. The van der Waals surface area contributed by atoms with Crippen LogP contribution in [0.4, 0.5) is 0 Å². The molecule has 0 radical (unpaired) electrons. The van der Waals surface area contributed by atoms with Crippen molar-refractivity contribution in [2.45, 2.75) is 13.8 Å².